The molecule has 0 aliphatic heterocycles. The van der Waals surface area contributed by atoms with E-state index in [4.69, 9.17) is 28.5 Å². The Kier molecular flexibility index (Phi) is 13.3. The van der Waals surface area contributed by atoms with Crippen molar-refractivity contribution in [2.45, 2.75) is 0 Å². The van der Waals surface area contributed by atoms with E-state index in [1.165, 1.54) is 0 Å². The lowest BCUT2D eigenvalue weighted by molar-refractivity contribution is -0.115. The van der Waals surface area contributed by atoms with Gasteiger partial charge in [0.05, 0.1) is 6.07 Å². The summed E-state index contributed by atoms with van der Waals surface area (Å²) in [5.41, 5.74) is 4.52. The standard InChI is InChI=1S/C2H4ClNO.C2H2ClN/c3-1-2(4)5;3-1-2-4/h1H2,(H2,4,5);1H2. The van der Waals surface area contributed by atoms with Crippen LogP contribution in [0.4, 0.5) is 0 Å². The topological polar surface area (TPSA) is 66.9 Å². The summed E-state index contributed by atoms with van der Waals surface area (Å²) in [6, 6.07) is 1.70. The summed E-state index contributed by atoms with van der Waals surface area (Å²) in [5.74, 6) is -0.466. The first-order chi connectivity index (χ1) is 4.18. The van der Waals surface area contributed by atoms with Gasteiger partial charge in [-0.1, -0.05) is 0 Å². The van der Waals surface area contributed by atoms with Crippen LogP contribution in [0.3, 0.4) is 0 Å². The number of halogens is 2. The quantitative estimate of drug-likeness (QED) is 0.579. The van der Waals surface area contributed by atoms with E-state index in [9.17, 15) is 4.79 Å². The number of nitriles is 1. The zero-order valence-electron chi connectivity index (χ0n) is 4.60. The molecule has 0 rings (SSSR count). The van der Waals surface area contributed by atoms with Crippen molar-refractivity contribution >= 4 is 29.1 Å². The van der Waals surface area contributed by atoms with Crippen molar-refractivity contribution in [1.29, 1.82) is 5.26 Å². The van der Waals surface area contributed by atoms with Crippen molar-refractivity contribution < 1.29 is 4.79 Å². The van der Waals surface area contributed by atoms with Gasteiger partial charge in [0.2, 0.25) is 5.91 Å². The van der Waals surface area contributed by atoms with Crippen LogP contribution >= 0.6 is 23.2 Å². The molecule has 9 heavy (non-hydrogen) atoms. The van der Waals surface area contributed by atoms with Crippen LogP contribution in [0.2, 0.25) is 0 Å². The maximum absolute atomic E-state index is 9.46. The summed E-state index contributed by atoms with van der Waals surface area (Å²) < 4.78 is 0. The van der Waals surface area contributed by atoms with E-state index < -0.39 is 5.91 Å². The molecule has 0 saturated heterocycles. The third-order valence-electron chi connectivity index (χ3n) is 0.191. The second-order valence-electron chi connectivity index (χ2n) is 0.892. The predicted molar refractivity (Wildman–Crippen MR) is 36.2 cm³/mol. The smallest absolute Gasteiger partial charge is 0.232 e. The van der Waals surface area contributed by atoms with Crippen molar-refractivity contribution in [2.75, 3.05) is 11.8 Å². The van der Waals surface area contributed by atoms with Crippen LogP contribution in [0.15, 0.2) is 0 Å². The Morgan fingerprint density at radius 1 is 1.67 bits per heavy atom. The third kappa shape index (κ3) is 35.9. The van der Waals surface area contributed by atoms with Gasteiger partial charge in [-0.05, 0) is 0 Å². The van der Waals surface area contributed by atoms with E-state index in [2.05, 4.69) is 5.73 Å². The average Bonchev–Trinajstić information content (AvgIpc) is 1.89. The van der Waals surface area contributed by atoms with Crippen molar-refractivity contribution in [3.8, 4) is 6.07 Å². The zero-order chi connectivity index (χ0) is 7.70. The Bertz CT molecular complexity index is 110. The molecule has 0 aromatic carbocycles. The second kappa shape index (κ2) is 10.5. The summed E-state index contributed by atoms with van der Waals surface area (Å²) in [4.78, 5) is 9.46. The average molecular weight is 169 g/mol. The van der Waals surface area contributed by atoms with Gasteiger partial charge >= 0.3 is 0 Å². The molecular formula is C4H6Cl2N2O. The molecule has 5 heteroatoms. The van der Waals surface area contributed by atoms with E-state index in [-0.39, 0.29) is 11.8 Å². The summed E-state index contributed by atoms with van der Waals surface area (Å²) in [7, 11) is 0. The highest BCUT2D eigenvalue weighted by Gasteiger charge is 1.79. The maximum atomic E-state index is 9.46. The highest BCUT2D eigenvalue weighted by atomic mass is 35.5. The van der Waals surface area contributed by atoms with Gasteiger partial charge in [0.15, 0.2) is 0 Å². The van der Waals surface area contributed by atoms with Crippen LogP contribution in [0.5, 0.6) is 0 Å². The third-order valence-corrected chi connectivity index (χ3v) is 0.574. The number of hydrogen-bond donors (Lipinski definition) is 1. The van der Waals surface area contributed by atoms with Crippen molar-refractivity contribution in [2.24, 2.45) is 5.73 Å². The SMILES string of the molecule is N#CCCl.NC(=O)CCl. The van der Waals surface area contributed by atoms with Crippen LogP contribution in [-0.4, -0.2) is 17.7 Å². The van der Waals surface area contributed by atoms with Crippen LogP contribution in [-0.2, 0) is 4.79 Å². The minimum Gasteiger partial charge on any atom is -0.369 e. The van der Waals surface area contributed by atoms with Crippen LogP contribution in [0, 0.1) is 11.3 Å². The molecule has 0 bridgehead atoms. The van der Waals surface area contributed by atoms with Crippen LogP contribution in [0.1, 0.15) is 0 Å². The molecule has 0 spiro atoms. The first kappa shape index (κ1) is 11.4. The number of hydrogen-bond acceptors (Lipinski definition) is 2. The Morgan fingerprint density at radius 2 is 1.89 bits per heavy atom. The number of nitrogens with two attached hydrogens (primary N) is 1. The zero-order valence-corrected chi connectivity index (χ0v) is 6.11. The molecule has 1 amide bonds. The number of carbonyl (C=O) groups is 1. The van der Waals surface area contributed by atoms with E-state index in [1.807, 2.05) is 0 Å². The maximum Gasteiger partial charge on any atom is 0.232 e. The molecule has 0 aromatic rings. The van der Waals surface area contributed by atoms with Gasteiger partial charge in [-0.3, -0.25) is 4.79 Å². The van der Waals surface area contributed by atoms with Crippen molar-refractivity contribution in [3.63, 3.8) is 0 Å². The Labute approximate surface area is 63.3 Å². The molecule has 3 nitrogen and oxygen atoms in total. The molecule has 52 valence electrons. The molecule has 0 saturated carbocycles. The van der Waals surface area contributed by atoms with Gasteiger partial charge in [-0.15, -0.1) is 23.2 Å². The molecule has 2 N–H and O–H groups in total. The lowest BCUT2D eigenvalue weighted by Crippen LogP contribution is -2.10. The van der Waals surface area contributed by atoms with Crippen molar-refractivity contribution in [3.05, 3.63) is 0 Å². The molecule has 0 atom stereocenters. The molecule has 0 fully saturated rings. The monoisotopic (exact) mass is 168 g/mol. The molecule has 0 aromatic heterocycles. The lowest BCUT2D eigenvalue weighted by atomic mass is 10.8. The van der Waals surface area contributed by atoms with Gasteiger partial charge in [-0.2, -0.15) is 5.26 Å². The number of alkyl halides is 2. The Hall–Kier alpha value is -0.460. The summed E-state index contributed by atoms with van der Waals surface area (Å²) in [6.07, 6.45) is 0. The first-order valence-electron chi connectivity index (χ1n) is 1.96. The van der Waals surface area contributed by atoms with Gasteiger partial charge in [0, 0.05) is 0 Å². The van der Waals surface area contributed by atoms with Crippen LogP contribution < -0.4 is 5.73 Å². The lowest BCUT2D eigenvalue weighted by Gasteiger charge is -1.71. The highest BCUT2D eigenvalue weighted by molar-refractivity contribution is 6.27. The van der Waals surface area contributed by atoms with Crippen molar-refractivity contribution in [1.82, 2.24) is 0 Å². The Morgan fingerprint density at radius 3 is 1.89 bits per heavy atom. The normalized spacial score (nSPS) is 6.33. The van der Waals surface area contributed by atoms with E-state index in [0.717, 1.165) is 0 Å². The summed E-state index contributed by atoms with van der Waals surface area (Å²) >= 11 is 9.69. The first-order valence-corrected chi connectivity index (χ1v) is 3.03. The molecule has 0 radical (unpaired) electrons. The number of rotatable bonds is 1. The largest absolute Gasteiger partial charge is 0.369 e. The molecule has 0 unspecified atom stereocenters. The fourth-order valence-electron chi connectivity index (χ4n) is 0. The summed E-state index contributed by atoms with van der Waals surface area (Å²) in [5, 5.41) is 7.49. The minimum atomic E-state index is -0.480. The number of nitrogens with zero attached hydrogens (tertiary/aromatic N) is 1. The molecular weight excluding hydrogens is 163 g/mol. The van der Waals surface area contributed by atoms with Gasteiger partial charge < -0.3 is 5.73 Å². The molecule has 0 aliphatic carbocycles. The van der Waals surface area contributed by atoms with Gasteiger partial charge in [0.25, 0.3) is 0 Å². The van der Waals surface area contributed by atoms with Crippen LogP contribution in [0.25, 0.3) is 0 Å². The Balaban J connectivity index is 0. The fraction of sp³-hybridized carbons (Fsp3) is 0.500. The van der Waals surface area contributed by atoms with E-state index >= 15 is 0 Å². The second-order valence-corrected chi connectivity index (χ2v) is 1.43. The minimum absolute atomic E-state index is 0.0833. The van der Waals surface area contributed by atoms with E-state index in [1.54, 1.807) is 6.07 Å². The number of primary amides is 1. The molecule has 0 aliphatic rings. The predicted octanol–water partition coefficient (Wildman–Crippen LogP) is 0.459. The van der Waals surface area contributed by atoms with Gasteiger partial charge in [0.1, 0.15) is 11.8 Å². The summed E-state index contributed by atoms with van der Waals surface area (Å²) in [6.45, 7) is 0. The molecule has 0 heterocycles. The number of amides is 1. The highest BCUT2D eigenvalue weighted by Crippen LogP contribution is 1.64. The fourth-order valence-corrected chi connectivity index (χ4v) is 0. The number of carbonyl (C=O) groups excluding carboxylic acids is 1. The van der Waals surface area contributed by atoms with E-state index in [0.29, 0.717) is 0 Å². The van der Waals surface area contributed by atoms with Gasteiger partial charge in [-0.25, -0.2) is 0 Å².